The molecule has 0 aliphatic heterocycles. The van der Waals surface area contributed by atoms with Gasteiger partial charge in [0.25, 0.3) is 0 Å². The highest BCUT2D eigenvalue weighted by Gasteiger charge is 2.14. The zero-order chi connectivity index (χ0) is 19.7. The Bertz CT molecular complexity index is 1080. The van der Waals surface area contributed by atoms with Crippen LogP contribution in [0.3, 0.4) is 0 Å². The lowest BCUT2D eigenvalue weighted by atomic mass is 10.1. The first-order valence-electron chi connectivity index (χ1n) is 9.87. The highest BCUT2D eigenvalue weighted by molar-refractivity contribution is 5.34. The summed E-state index contributed by atoms with van der Waals surface area (Å²) in [5.74, 6) is 0. The summed E-state index contributed by atoms with van der Waals surface area (Å²) in [6, 6.07) is 12.8. The molecule has 4 heteroatoms. The van der Waals surface area contributed by atoms with E-state index in [1.807, 2.05) is 0 Å². The van der Waals surface area contributed by atoms with Crippen molar-refractivity contribution in [1.29, 1.82) is 0 Å². The van der Waals surface area contributed by atoms with E-state index in [4.69, 9.17) is 5.10 Å². The third kappa shape index (κ3) is 3.68. The van der Waals surface area contributed by atoms with E-state index in [9.17, 15) is 0 Å². The maximum atomic E-state index is 4.97. The first kappa shape index (κ1) is 18.4. The Labute approximate surface area is 166 Å². The predicted molar refractivity (Wildman–Crippen MR) is 114 cm³/mol. The van der Waals surface area contributed by atoms with Crippen molar-refractivity contribution in [3.63, 3.8) is 0 Å². The Balaban J connectivity index is 1.66. The van der Waals surface area contributed by atoms with Crippen molar-refractivity contribution in [1.82, 2.24) is 19.7 Å². The molecule has 144 valence electrons. The van der Waals surface area contributed by atoms with E-state index in [0.717, 1.165) is 25.1 Å². The number of hydrogen-bond donors (Lipinski definition) is 2. The maximum Gasteiger partial charge on any atom is 0.0686 e. The van der Waals surface area contributed by atoms with Gasteiger partial charge < -0.3 is 9.97 Å². The van der Waals surface area contributed by atoms with E-state index in [1.165, 1.54) is 44.9 Å². The molecule has 4 nitrogen and oxygen atoms in total. The molecule has 0 saturated carbocycles. The fourth-order valence-corrected chi connectivity index (χ4v) is 3.67. The first-order valence-corrected chi connectivity index (χ1v) is 9.87. The molecule has 28 heavy (non-hydrogen) atoms. The van der Waals surface area contributed by atoms with Crippen LogP contribution in [-0.2, 0) is 19.4 Å². The van der Waals surface area contributed by atoms with Gasteiger partial charge in [-0.15, -0.1) is 0 Å². The molecule has 2 N–H and O–H groups in total. The minimum absolute atomic E-state index is 0.789. The average molecular weight is 373 g/mol. The molecule has 0 bridgehead atoms. The topological polar surface area (TPSA) is 49.4 Å². The van der Waals surface area contributed by atoms with Gasteiger partial charge in [-0.05, 0) is 61.6 Å². The van der Waals surface area contributed by atoms with Gasteiger partial charge in [0.05, 0.1) is 12.2 Å². The van der Waals surface area contributed by atoms with Crippen LogP contribution in [0.2, 0.25) is 0 Å². The number of hydrogen-bond acceptors (Lipinski definition) is 1. The van der Waals surface area contributed by atoms with E-state index in [2.05, 4.69) is 91.1 Å². The third-order valence-electron chi connectivity index (χ3n) is 5.82. The van der Waals surface area contributed by atoms with Gasteiger partial charge in [0.2, 0.25) is 0 Å². The van der Waals surface area contributed by atoms with Gasteiger partial charge in [-0.2, -0.15) is 5.10 Å². The summed E-state index contributed by atoms with van der Waals surface area (Å²) >= 11 is 0. The van der Waals surface area contributed by atoms with Crippen molar-refractivity contribution in [3.8, 4) is 0 Å². The van der Waals surface area contributed by atoms with Crippen LogP contribution in [-0.4, -0.2) is 19.7 Å². The number of H-pyrrole nitrogens is 2. The van der Waals surface area contributed by atoms with E-state index < -0.39 is 0 Å². The van der Waals surface area contributed by atoms with Crippen LogP contribution in [0, 0.1) is 27.7 Å². The Hall–Kier alpha value is -3.01. The quantitative estimate of drug-likeness (QED) is 0.491. The molecule has 4 aromatic rings. The summed E-state index contributed by atoms with van der Waals surface area (Å²) in [5, 5.41) is 4.97. The van der Waals surface area contributed by atoms with E-state index in [0.29, 0.717) is 0 Å². The molecule has 4 rings (SSSR count). The van der Waals surface area contributed by atoms with Crippen molar-refractivity contribution in [2.24, 2.45) is 0 Å². The Morgan fingerprint density at radius 3 is 2.00 bits per heavy atom. The van der Waals surface area contributed by atoms with Crippen LogP contribution in [0.1, 0.15) is 50.6 Å². The van der Waals surface area contributed by atoms with Gasteiger partial charge in [-0.3, -0.25) is 4.68 Å². The summed E-state index contributed by atoms with van der Waals surface area (Å²) in [6.45, 7) is 9.44. The maximum absolute atomic E-state index is 4.97. The van der Waals surface area contributed by atoms with Crippen LogP contribution in [0.25, 0.3) is 0 Å². The molecule has 0 aliphatic rings. The fraction of sp³-hybridized carbons (Fsp3) is 0.292. The van der Waals surface area contributed by atoms with Crippen molar-refractivity contribution >= 4 is 0 Å². The van der Waals surface area contributed by atoms with Crippen molar-refractivity contribution in [2.75, 3.05) is 0 Å². The van der Waals surface area contributed by atoms with Crippen LogP contribution in [0.4, 0.5) is 0 Å². The van der Waals surface area contributed by atoms with Crippen molar-refractivity contribution < 1.29 is 0 Å². The van der Waals surface area contributed by atoms with Gasteiger partial charge in [0.15, 0.2) is 0 Å². The van der Waals surface area contributed by atoms with Crippen LogP contribution in [0.5, 0.6) is 0 Å². The van der Waals surface area contributed by atoms with Gasteiger partial charge >= 0.3 is 0 Å². The molecule has 0 radical (unpaired) electrons. The van der Waals surface area contributed by atoms with E-state index in [1.54, 1.807) is 0 Å². The Kier molecular flexibility index (Phi) is 4.95. The normalized spacial score (nSPS) is 11.3. The average Bonchev–Trinajstić information content (AvgIpc) is 3.32. The third-order valence-corrected chi connectivity index (χ3v) is 5.82. The zero-order valence-electron chi connectivity index (χ0n) is 17.1. The summed E-state index contributed by atoms with van der Waals surface area (Å²) < 4.78 is 2.16. The van der Waals surface area contributed by atoms with Crippen molar-refractivity contribution in [2.45, 2.75) is 47.1 Å². The number of aromatic nitrogens is 4. The summed E-state index contributed by atoms with van der Waals surface area (Å²) in [6.07, 6.45) is 5.87. The van der Waals surface area contributed by atoms with Gasteiger partial charge in [-0.25, -0.2) is 0 Å². The molecule has 0 saturated heterocycles. The number of rotatable bonds is 6. The molecule has 0 atom stereocenters. The largest absolute Gasteiger partial charge is 0.364 e. The highest BCUT2D eigenvalue weighted by Crippen LogP contribution is 2.20. The predicted octanol–water partition coefficient (Wildman–Crippen LogP) is 5.00. The molecule has 1 aromatic carbocycles. The molecule has 0 unspecified atom stereocenters. The number of aryl methyl sites for hydroxylation is 2. The van der Waals surface area contributed by atoms with Gasteiger partial charge in [0.1, 0.15) is 0 Å². The molecule has 3 aromatic heterocycles. The minimum Gasteiger partial charge on any atom is -0.364 e. The summed E-state index contributed by atoms with van der Waals surface area (Å²) in [4.78, 5) is 6.84. The van der Waals surface area contributed by atoms with Gasteiger partial charge in [-0.1, -0.05) is 30.3 Å². The minimum atomic E-state index is 0.789. The second kappa shape index (κ2) is 7.55. The number of nitrogens with zero attached hydrogens (tertiary/aromatic N) is 2. The number of benzene rings is 1. The van der Waals surface area contributed by atoms with Crippen molar-refractivity contribution in [3.05, 3.63) is 99.4 Å². The summed E-state index contributed by atoms with van der Waals surface area (Å²) in [7, 11) is 0. The van der Waals surface area contributed by atoms with E-state index in [-0.39, 0.29) is 0 Å². The van der Waals surface area contributed by atoms with E-state index >= 15 is 0 Å². The standard InChI is InChI=1S/C24H28N4/c1-16-13-25-23(18(16)3)11-21-10-22(12-24-19(4)17(2)14-26-24)28(27-21)15-20-8-6-5-7-9-20/h5-10,13-14,25-26H,11-12,15H2,1-4H3. The lowest BCUT2D eigenvalue weighted by Crippen LogP contribution is -2.08. The van der Waals surface area contributed by atoms with Crippen LogP contribution in [0.15, 0.2) is 48.8 Å². The lowest BCUT2D eigenvalue weighted by Gasteiger charge is -2.08. The fourth-order valence-electron chi connectivity index (χ4n) is 3.67. The Morgan fingerprint density at radius 1 is 0.821 bits per heavy atom. The smallest absolute Gasteiger partial charge is 0.0686 e. The first-order chi connectivity index (χ1) is 13.5. The molecule has 0 fully saturated rings. The molecule has 3 heterocycles. The second-order valence-corrected chi connectivity index (χ2v) is 7.77. The van der Waals surface area contributed by atoms with Crippen LogP contribution >= 0.6 is 0 Å². The highest BCUT2D eigenvalue weighted by atomic mass is 15.3. The van der Waals surface area contributed by atoms with Crippen LogP contribution < -0.4 is 0 Å². The zero-order valence-corrected chi connectivity index (χ0v) is 17.1. The molecule has 0 aliphatic carbocycles. The molecule has 0 spiro atoms. The number of nitrogens with one attached hydrogen (secondary N) is 2. The van der Waals surface area contributed by atoms with Gasteiger partial charge in [0, 0.05) is 42.3 Å². The number of aromatic amines is 2. The Morgan fingerprint density at radius 2 is 1.43 bits per heavy atom. The molecule has 0 amide bonds. The molecular weight excluding hydrogens is 344 g/mol. The monoisotopic (exact) mass is 372 g/mol. The second-order valence-electron chi connectivity index (χ2n) is 7.77. The lowest BCUT2D eigenvalue weighted by molar-refractivity contribution is 0.643. The SMILES string of the molecule is Cc1c[nH]c(Cc2cc(Cc3[nH]cc(C)c3C)n(Cc3ccccc3)n2)c1C. The summed E-state index contributed by atoms with van der Waals surface area (Å²) in [5.41, 5.74) is 11.4. The molecular formula is C24H28N4.